The molecule has 1 heterocycles. The average molecular weight is 367 g/mol. The highest BCUT2D eigenvalue weighted by Crippen LogP contribution is 2.27. The number of rotatable bonds is 6. The quantitative estimate of drug-likeness (QED) is 0.817. The first kappa shape index (κ1) is 18.2. The number of carboxylic acids is 1. The predicted molar refractivity (Wildman–Crippen MR) is 89.9 cm³/mol. The maximum atomic E-state index is 12.5. The van der Waals surface area contributed by atoms with E-state index in [1.54, 1.807) is 32.0 Å². The number of amides is 1. The largest absolute Gasteiger partial charge is 0.480 e. The summed E-state index contributed by atoms with van der Waals surface area (Å²) in [7, 11) is -3.69. The van der Waals surface area contributed by atoms with Gasteiger partial charge in [0.05, 0.1) is 9.77 Å². The fourth-order valence-electron chi connectivity index (χ4n) is 2.03. The molecule has 128 valence electrons. The van der Waals surface area contributed by atoms with Crippen molar-refractivity contribution in [2.24, 2.45) is 5.92 Å². The molecule has 0 aliphatic heterocycles. The van der Waals surface area contributed by atoms with Gasteiger partial charge < -0.3 is 10.4 Å². The molecule has 1 aromatic heterocycles. The van der Waals surface area contributed by atoms with Crippen LogP contribution >= 0.6 is 11.3 Å². The molecule has 2 rings (SSSR count). The number of benzene rings is 1. The fraction of sp³-hybridized carbons (Fsp3) is 0.250. The maximum Gasteiger partial charge on any atom is 0.326 e. The molecule has 0 saturated heterocycles. The highest BCUT2D eigenvalue weighted by atomic mass is 32.2. The summed E-state index contributed by atoms with van der Waals surface area (Å²) in [5, 5.41) is 11.5. The molecule has 24 heavy (non-hydrogen) atoms. The van der Waals surface area contributed by atoms with Crippen LogP contribution in [0.2, 0.25) is 0 Å². The zero-order valence-corrected chi connectivity index (χ0v) is 14.7. The van der Waals surface area contributed by atoms with E-state index in [4.69, 9.17) is 5.11 Å². The van der Waals surface area contributed by atoms with E-state index in [1.165, 1.54) is 24.3 Å². The molecule has 0 aliphatic carbocycles. The van der Waals surface area contributed by atoms with E-state index >= 15 is 0 Å². The second-order valence-electron chi connectivity index (χ2n) is 5.47. The second-order valence-corrected chi connectivity index (χ2v) is 8.73. The molecule has 2 N–H and O–H groups in total. The minimum atomic E-state index is -3.69. The molecular weight excluding hydrogens is 350 g/mol. The van der Waals surface area contributed by atoms with E-state index in [9.17, 15) is 18.0 Å². The number of carbonyl (C=O) groups is 2. The molecule has 0 aliphatic rings. The normalized spacial score (nSPS) is 12.8. The van der Waals surface area contributed by atoms with Gasteiger partial charge in [0, 0.05) is 0 Å². The van der Waals surface area contributed by atoms with Crippen molar-refractivity contribution < 1.29 is 23.1 Å². The molecular formula is C16H17NO5S2. The van der Waals surface area contributed by atoms with Crippen molar-refractivity contribution in [1.82, 2.24) is 5.32 Å². The lowest BCUT2D eigenvalue weighted by molar-refractivity contribution is -0.140. The van der Waals surface area contributed by atoms with Gasteiger partial charge in [-0.05, 0) is 30.2 Å². The molecule has 0 bridgehead atoms. The zero-order chi connectivity index (χ0) is 17.9. The minimum Gasteiger partial charge on any atom is -0.480 e. The summed E-state index contributed by atoms with van der Waals surface area (Å²) in [5.41, 5.74) is 0. The Morgan fingerprint density at radius 1 is 1.08 bits per heavy atom. The summed E-state index contributed by atoms with van der Waals surface area (Å²) in [6, 6.07) is 9.62. The lowest BCUT2D eigenvalue weighted by atomic mass is 10.0. The number of sulfone groups is 1. The molecule has 8 heteroatoms. The van der Waals surface area contributed by atoms with Gasteiger partial charge in [0.2, 0.25) is 9.84 Å². The van der Waals surface area contributed by atoms with Gasteiger partial charge in [0.25, 0.3) is 5.91 Å². The van der Waals surface area contributed by atoms with Crippen LogP contribution in [-0.4, -0.2) is 31.4 Å². The van der Waals surface area contributed by atoms with Gasteiger partial charge in [0.1, 0.15) is 10.3 Å². The van der Waals surface area contributed by atoms with Gasteiger partial charge in [-0.2, -0.15) is 0 Å². The maximum absolute atomic E-state index is 12.5. The van der Waals surface area contributed by atoms with Crippen molar-refractivity contribution in [3.8, 4) is 0 Å². The second kappa shape index (κ2) is 7.14. The third kappa shape index (κ3) is 3.82. The molecule has 1 atom stereocenters. The predicted octanol–water partition coefficient (Wildman–Crippen LogP) is 2.42. The Morgan fingerprint density at radius 3 is 2.25 bits per heavy atom. The summed E-state index contributed by atoms with van der Waals surface area (Å²) in [6.07, 6.45) is 0. The molecule has 0 radical (unpaired) electrons. The molecule has 6 nitrogen and oxygen atoms in total. The number of carbonyl (C=O) groups excluding carboxylic acids is 1. The van der Waals surface area contributed by atoms with Crippen molar-refractivity contribution in [3.05, 3.63) is 47.3 Å². The van der Waals surface area contributed by atoms with Crippen LogP contribution in [-0.2, 0) is 14.6 Å². The lowest BCUT2D eigenvalue weighted by Crippen LogP contribution is -2.44. The van der Waals surface area contributed by atoms with Gasteiger partial charge in [-0.3, -0.25) is 4.79 Å². The first-order valence-electron chi connectivity index (χ1n) is 7.17. The standard InChI is InChI=1S/C16H17NO5S2/c1-10(2)14(16(19)20)17-15(18)12-8-9-13(23-12)24(21,22)11-6-4-3-5-7-11/h3-10,14H,1-2H3,(H,17,18)(H,19,20)/t14-/m0/s1. The van der Waals surface area contributed by atoms with Crippen molar-refractivity contribution in [2.45, 2.75) is 29.0 Å². The molecule has 0 saturated carbocycles. The Kier molecular flexibility index (Phi) is 5.40. The van der Waals surface area contributed by atoms with E-state index < -0.39 is 27.8 Å². The first-order valence-corrected chi connectivity index (χ1v) is 9.47. The topological polar surface area (TPSA) is 101 Å². The van der Waals surface area contributed by atoms with Crippen LogP contribution in [0, 0.1) is 5.92 Å². The van der Waals surface area contributed by atoms with E-state index in [0.29, 0.717) is 0 Å². The zero-order valence-electron chi connectivity index (χ0n) is 13.1. The Morgan fingerprint density at radius 2 is 1.71 bits per heavy atom. The molecule has 0 spiro atoms. The third-order valence-corrected chi connectivity index (χ3v) is 6.69. The van der Waals surface area contributed by atoms with Gasteiger partial charge >= 0.3 is 5.97 Å². The summed E-state index contributed by atoms with van der Waals surface area (Å²) < 4.78 is 25.0. The van der Waals surface area contributed by atoms with Gasteiger partial charge in [-0.15, -0.1) is 11.3 Å². The third-order valence-electron chi connectivity index (χ3n) is 3.34. The monoisotopic (exact) mass is 367 g/mol. The molecule has 0 unspecified atom stereocenters. The number of nitrogens with one attached hydrogen (secondary N) is 1. The number of aliphatic carboxylic acids is 1. The summed E-state index contributed by atoms with van der Waals surface area (Å²) in [5.74, 6) is -2.03. The van der Waals surface area contributed by atoms with Crippen LogP contribution in [0.3, 0.4) is 0 Å². The number of carboxylic acid groups (broad SMARTS) is 1. The number of hydrogen-bond donors (Lipinski definition) is 2. The van der Waals surface area contributed by atoms with E-state index in [2.05, 4.69) is 5.32 Å². The van der Waals surface area contributed by atoms with Crippen LogP contribution in [0.25, 0.3) is 0 Å². The number of thiophene rings is 1. The molecule has 0 fully saturated rings. The van der Waals surface area contributed by atoms with Crippen LogP contribution in [0.1, 0.15) is 23.5 Å². The first-order chi connectivity index (χ1) is 11.2. The van der Waals surface area contributed by atoms with Crippen molar-refractivity contribution in [1.29, 1.82) is 0 Å². The van der Waals surface area contributed by atoms with Gasteiger partial charge in [0.15, 0.2) is 0 Å². The summed E-state index contributed by atoms with van der Waals surface area (Å²) in [4.78, 5) is 23.6. The smallest absolute Gasteiger partial charge is 0.326 e. The van der Waals surface area contributed by atoms with Crippen molar-refractivity contribution in [3.63, 3.8) is 0 Å². The Balaban J connectivity index is 2.25. The van der Waals surface area contributed by atoms with Crippen LogP contribution in [0.4, 0.5) is 0 Å². The summed E-state index contributed by atoms with van der Waals surface area (Å²) >= 11 is 0.815. The summed E-state index contributed by atoms with van der Waals surface area (Å²) in [6.45, 7) is 3.36. The average Bonchev–Trinajstić information content (AvgIpc) is 3.03. The Bertz CT molecular complexity index is 840. The molecule has 2 aromatic rings. The van der Waals surface area contributed by atoms with Crippen molar-refractivity contribution >= 4 is 33.1 Å². The van der Waals surface area contributed by atoms with Gasteiger partial charge in [-0.1, -0.05) is 32.0 Å². The van der Waals surface area contributed by atoms with E-state index in [1.807, 2.05) is 0 Å². The highest BCUT2D eigenvalue weighted by molar-refractivity contribution is 7.93. The van der Waals surface area contributed by atoms with E-state index in [0.717, 1.165) is 11.3 Å². The van der Waals surface area contributed by atoms with E-state index in [-0.39, 0.29) is 19.9 Å². The Hall–Kier alpha value is -2.19. The Labute approximate surface area is 144 Å². The lowest BCUT2D eigenvalue weighted by Gasteiger charge is -2.17. The van der Waals surface area contributed by atoms with Crippen LogP contribution < -0.4 is 5.32 Å². The molecule has 1 aromatic carbocycles. The minimum absolute atomic E-state index is 0.0373. The molecule has 1 amide bonds. The van der Waals surface area contributed by atoms with Crippen LogP contribution in [0.15, 0.2) is 51.6 Å². The SMILES string of the molecule is CC(C)[C@H](NC(=O)c1ccc(S(=O)(=O)c2ccccc2)s1)C(=O)O. The van der Waals surface area contributed by atoms with Gasteiger partial charge in [-0.25, -0.2) is 13.2 Å². The number of hydrogen-bond acceptors (Lipinski definition) is 5. The van der Waals surface area contributed by atoms with Crippen molar-refractivity contribution in [2.75, 3.05) is 0 Å². The fourth-order valence-corrected chi connectivity index (χ4v) is 4.66. The van der Waals surface area contributed by atoms with Crippen LogP contribution in [0.5, 0.6) is 0 Å². The highest BCUT2D eigenvalue weighted by Gasteiger charge is 2.26.